The zero-order chi connectivity index (χ0) is 12.7. The molecule has 0 spiro atoms. The Hall–Kier alpha value is -1.02. The first-order chi connectivity index (χ1) is 8.08. The monoisotopic (exact) mass is 234 g/mol. The van der Waals surface area contributed by atoms with Crippen molar-refractivity contribution in [3.63, 3.8) is 0 Å². The maximum Gasteiger partial charge on any atom is 0.119 e. The minimum atomic E-state index is 0.788. The highest BCUT2D eigenvalue weighted by Crippen LogP contribution is 2.15. The number of rotatable bonds is 7. The summed E-state index contributed by atoms with van der Waals surface area (Å²) in [5, 5.41) is 0. The highest BCUT2D eigenvalue weighted by Gasteiger charge is 1.99. The Morgan fingerprint density at radius 1 is 1.12 bits per heavy atom. The minimum absolute atomic E-state index is 0.788. The van der Waals surface area contributed by atoms with Crippen molar-refractivity contribution in [2.24, 2.45) is 0 Å². The van der Waals surface area contributed by atoms with E-state index in [-0.39, 0.29) is 0 Å². The molecule has 17 heavy (non-hydrogen) atoms. The maximum absolute atomic E-state index is 5.68. The molecule has 0 aliphatic carbocycles. The molecule has 2 heteroatoms. The molecule has 0 bridgehead atoms. The molecule has 0 unspecified atom stereocenters. The molecule has 0 amide bonds. The van der Waals surface area contributed by atoms with Gasteiger partial charge in [-0.1, -0.05) is 26.0 Å². The lowest BCUT2D eigenvalue weighted by atomic mass is 10.0. The normalized spacial score (nSPS) is 11.2. The van der Waals surface area contributed by atoms with Gasteiger partial charge in [0.1, 0.15) is 5.75 Å². The second kappa shape index (κ2) is 7.33. The van der Waals surface area contributed by atoms with Crippen LogP contribution in [0.25, 0.3) is 0 Å². The fourth-order valence-electron chi connectivity index (χ4n) is 1.68. The van der Waals surface area contributed by atoms with E-state index in [1.54, 1.807) is 0 Å². The number of hydrogen-bond donors (Lipinski definition) is 0. The second-order valence-corrected chi connectivity index (χ2v) is 5.03. The molecule has 1 aromatic carbocycles. The molecule has 0 fully saturated rings. The molecule has 95 valence electrons. The Bertz CT molecular complexity index is 303. The van der Waals surface area contributed by atoms with Crippen molar-refractivity contribution in [3.05, 3.63) is 35.7 Å². The van der Waals surface area contributed by atoms with Crippen LogP contribution in [0, 0.1) is 5.92 Å². The molecule has 0 aliphatic rings. The fraction of sp³-hybridized carbons (Fsp3) is 0.533. The molecular weight excluding hydrogens is 210 g/mol. The lowest BCUT2D eigenvalue weighted by Crippen LogP contribution is -2.15. The van der Waals surface area contributed by atoms with Crippen molar-refractivity contribution in [3.8, 4) is 5.75 Å². The molecule has 0 heterocycles. The van der Waals surface area contributed by atoms with Crippen molar-refractivity contribution >= 4 is 0 Å². The summed E-state index contributed by atoms with van der Waals surface area (Å²) < 4.78 is 5.68. The van der Waals surface area contributed by atoms with Gasteiger partial charge in [0.05, 0.1) is 6.61 Å². The van der Waals surface area contributed by atoms with Crippen LogP contribution in [0.3, 0.4) is 0 Å². The zero-order valence-corrected chi connectivity index (χ0v) is 11.5. The highest BCUT2D eigenvalue weighted by molar-refractivity contribution is 5.28. The quantitative estimate of drug-likeness (QED) is 0.672. The number of hydrogen-bond acceptors (Lipinski definition) is 2. The smallest absolute Gasteiger partial charge is 0.119 e. The average Bonchev–Trinajstić information content (AvgIpc) is 2.25. The van der Waals surface area contributed by atoms with E-state index in [9.17, 15) is 0 Å². The van der Waals surface area contributed by atoms with E-state index in [4.69, 9.17) is 4.74 Å². The van der Waals surface area contributed by atoms with Crippen LogP contribution in [-0.4, -0.2) is 32.1 Å². The second-order valence-electron chi connectivity index (χ2n) is 5.03. The summed E-state index contributed by atoms with van der Waals surface area (Å²) in [6.07, 6.45) is 2.12. The van der Waals surface area contributed by atoms with Gasteiger partial charge in [-0.3, -0.25) is 0 Å². The van der Waals surface area contributed by atoms with Crippen LogP contribution >= 0.6 is 0 Å². The SMILES string of the molecule is C[C](C)Cc1ccc(OCCCN(C)C)cc1. The van der Waals surface area contributed by atoms with Gasteiger partial charge in [-0.25, -0.2) is 0 Å². The lowest BCUT2D eigenvalue weighted by Gasteiger charge is -2.11. The molecule has 0 aliphatic heterocycles. The van der Waals surface area contributed by atoms with E-state index in [2.05, 4.69) is 57.1 Å². The molecule has 1 radical (unpaired) electrons. The van der Waals surface area contributed by atoms with E-state index >= 15 is 0 Å². The summed E-state index contributed by atoms with van der Waals surface area (Å²) in [7, 11) is 4.16. The lowest BCUT2D eigenvalue weighted by molar-refractivity contribution is 0.281. The molecule has 0 N–H and O–H groups in total. The Balaban J connectivity index is 2.30. The summed E-state index contributed by atoms with van der Waals surface area (Å²) in [5.41, 5.74) is 1.35. The third-order valence-electron chi connectivity index (χ3n) is 2.50. The largest absolute Gasteiger partial charge is 0.494 e. The summed E-state index contributed by atoms with van der Waals surface area (Å²) in [6, 6.07) is 8.42. The number of nitrogens with zero attached hydrogens (tertiary/aromatic N) is 1. The number of benzene rings is 1. The molecule has 0 saturated carbocycles. The summed E-state index contributed by atoms with van der Waals surface area (Å²) in [6.45, 7) is 6.18. The Morgan fingerprint density at radius 3 is 2.29 bits per heavy atom. The van der Waals surface area contributed by atoms with Crippen molar-refractivity contribution in [2.45, 2.75) is 26.7 Å². The van der Waals surface area contributed by atoms with Crippen molar-refractivity contribution in [1.29, 1.82) is 0 Å². The molecule has 0 atom stereocenters. The van der Waals surface area contributed by atoms with Gasteiger partial charge in [0, 0.05) is 6.54 Å². The average molecular weight is 234 g/mol. The fourth-order valence-corrected chi connectivity index (χ4v) is 1.68. The minimum Gasteiger partial charge on any atom is -0.494 e. The molecular formula is C15H24NO. The van der Waals surface area contributed by atoms with Crippen LogP contribution in [0.1, 0.15) is 25.8 Å². The van der Waals surface area contributed by atoms with E-state index in [0.29, 0.717) is 0 Å². The summed E-state index contributed by atoms with van der Waals surface area (Å²) in [5.74, 6) is 2.41. The van der Waals surface area contributed by atoms with Crippen LogP contribution < -0.4 is 4.74 Å². The first kappa shape index (κ1) is 14.0. The standard InChI is InChI=1S/C15H24NO/c1-13(2)12-14-6-8-15(9-7-14)17-11-5-10-16(3)4/h6-9H,5,10-12H2,1-4H3. The topological polar surface area (TPSA) is 12.5 Å². The van der Waals surface area contributed by atoms with Crippen LogP contribution in [-0.2, 0) is 6.42 Å². The molecule has 1 aromatic rings. The van der Waals surface area contributed by atoms with Crippen LogP contribution in [0.4, 0.5) is 0 Å². The van der Waals surface area contributed by atoms with Gasteiger partial charge >= 0.3 is 0 Å². The first-order valence-corrected chi connectivity index (χ1v) is 6.23. The van der Waals surface area contributed by atoms with Crippen LogP contribution in [0.2, 0.25) is 0 Å². The van der Waals surface area contributed by atoms with Crippen LogP contribution in [0.5, 0.6) is 5.75 Å². The molecule has 1 rings (SSSR count). The third-order valence-corrected chi connectivity index (χ3v) is 2.50. The van der Waals surface area contributed by atoms with E-state index < -0.39 is 0 Å². The Kier molecular flexibility index (Phi) is 6.06. The van der Waals surface area contributed by atoms with Gasteiger partial charge in [-0.2, -0.15) is 0 Å². The van der Waals surface area contributed by atoms with Crippen molar-refractivity contribution < 1.29 is 4.74 Å². The van der Waals surface area contributed by atoms with Gasteiger partial charge in [0.2, 0.25) is 0 Å². The van der Waals surface area contributed by atoms with E-state index in [0.717, 1.165) is 31.7 Å². The summed E-state index contributed by atoms with van der Waals surface area (Å²) in [4.78, 5) is 2.17. The molecule has 0 saturated heterocycles. The van der Waals surface area contributed by atoms with Crippen molar-refractivity contribution in [2.75, 3.05) is 27.2 Å². The Morgan fingerprint density at radius 2 is 1.76 bits per heavy atom. The maximum atomic E-state index is 5.68. The van der Waals surface area contributed by atoms with Gasteiger partial charge in [-0.15, -0.1) is 0 Å². The molecule has 2 nitrogen and oxygen atoms in total. The first-order valence-electron chi connectivity index (χ1n) is 6.23. The zero-order valence-electron chi connectivity index (χ0n) is 11.5. The summed E-state index contributed by atoms with van der Waals surface area (Å²) >= 11 is 0. The van der Waals surface area contributed by atoms with Crippen LogP contribution in [0.15, 0.2) is 24.3 Å². The highest BCUT2D eigenvalue weighted by atomic mass is 16.5. The van der Waals surface area contributed by atoms with Gasteiger partial charge in [-0.05, 0) is 50.6 Å². The van der Waals surface area contributed by atoms with Gasteiger partial charge < -0.3 is 9.64 Å². The predicted octanol–water partition coefficient (Wildman–Crippen LogP) is 3.17. The van der Waals surface area contributed by atoms with Crippen molar-refractivity contribution in [1.82, 2.24) is 4.90 Å². The van der Waals surface area contributed by atoms with Gasteiger partial charge in [0.25, 0.3) is 0 Å². The van der Waals surface area contributed by atoms with E-state index in [1.165, 1.54) is 11.5 Å². The Labute approximate surface area is 106 Å². The van der Waals surface area contributed by atoms with E-state index in [1.807, 2.05) is 0 Å². The number of ether oxygens (including phenoxy) is 1. The third kappa shape index (κ3) is 6.32. The molecule has 0 aromatic heterocycles. The van der Waals surface area contributed by atoms with Gasteiger partial charge in [0.15, 0.2) is 0 Å². The predicted molar refractivity (Wildman–Crippen MR) is 73.4 cm³/mol.